The molecule has 0 aliphatic heterocycles. The van der Waals surface area contributed by atoms with Crippen LogP contribution in [0.1, 0.15) is 48.2 Å². The van der Waals surface area contributed by atoms with Gasteiger partial charge >= 0.3 is 0 Å². The van der Waals surface area contributed by atoms with Crippen molar-refractivity contribution in [2.24, 2.45) is 0 Å². The van der Waals surface area contributed by atoms with Crippen LogP contribution in [0.25, 0.3) is 5.65 Å². The molecular weight excluding hydrogens is 266 g/mol. The predicted molar refractivity (Wildman–Crippen MR) is 80.5 cm³/mol. The van der Waals surface area contributed by atoms with Crippen LogP contribution >= 0.6 is 0 Å². The standard InChI is InChI=1S/C16H19N3O2/c1-11-6-5-9-14-17-10-13(16(21)19(11)14)15(20)18-12-7-3-2-4-8-12/h5-6,9-10,12H,2-4,7-8H2,1H3,(H,18,20). The molecule has 5 heteroatoms. The molecule has 0 unspecified atom stereocenters. The molecule has 3 rings (SSSR count). The van der Waals surface area contributed by atoms with E-state index in [1.165, 1.54) is 17.0 Å². The van der Waals surface area contributed by atoms with Crippen LogP contribution in [-0.2, 0) is 0 Å². The number of rotatable bonds is 2. The van der Waals surface area contributed by atoms with Gasteiger partial charge in [-0.1, -0.05) is 25.3 Å². The summed E-state index contributed by atoms with van der Waals surface area (Å²) in [5, 5.41) is 2.97. The summed E-state index contributed by atoms with van der Waals surface area (Å²) in [5.74, 6) is -0.308. The van der Waals surface area contributed by atoms with E-state index in [2.05, 4.69) is 10.3 Å². The average Bonchev–Trinajstić information content (AvgIpc) is 2.48. The first-order valence-electron chi connectivity index (χ1n) is 7.45. The number of aromatic nitrogens is 2. The summed E-state index contributed by atoms with van der Waals surface area (Å²) in [6.07, 6.45) is 6.87. The van der Waals surface area contributed by atoms with Gasteiger partial charge in [0.05, 0.1) is 0 Å². The quantitative estimate of drug-likeness (QED) is 0.918. The lowest BCUT2D eigenvalue weighted by molar-refractivity contribution is 0.0925. The molecule has 2 heterocycles. The van der Waals surface area contributed by atoms with Gasteiger partial charge < -0.3 is 5.32 Å². The summed E-state index contributed by atoms with van der Waals surface area (Å²) in [5.41, 5.74) is 1.16. The fraction of sp³-hybridized carbons (Fsp3) is 0.438. The summed E-state index contributed by atoms with van der Waals surface area (Å²) in [7, 11) is 0. The highest BCUT2D eigenvalue weighted by Crippen LogP contribution is 2.17. The van der Waals surface area contributed by atoms with Crippen LogP contribution in [0.4, 0.5) is 0 Å². The second-order valence-electron chi connectivity index (χ2n) is 5.65. The van der Waals surface area contributed by atoms with Crippen molar-refractivity contribution in [1.82, 2.24) is 14.7 Å². The van der Waals surface area contributed by atoms with Crippen LogP contribution in [0.5, 0.6) is 0 Å². The van der Waals surface area contributed by atoms with Crippen LogP contribution < -0.4 is 10.9 Å². The number of aryl methyl sites for hydroxylation is 1. The Morgan fingerprint density at radius 1 is 1.29 bits per heavy atom. The number of hydrogen-bond acceptors (Lipinski definition) is 3. The maximum atomic E-state index is 12.5. The molecule has 1 saturated carbocycles. The zero-order valence-electron chi connectivity index (χ0n) is 12.1. The number of hydrogen-bond donors (Lipinski definition) is 1. The molecule has 0 saturated heterocycles. The van der Waals surface area contributed by atoms with Gasteiger partial charge in [0.1, 0.15) is 11.2 Å². The van der Waals surface area contributed by atoms with E-state index in [0.29, 0.717) is 5.65 Å². The maximum absolute atomic E-state index is 12.5. The van der Waals surface area contributed by atoms with Gasteiger partial charge in [0.2, 0.25) is 0 Å². The summed E-state index contributed by atoms with van der Waals surface area (Å²) in [6.45, 7) is 1.83. The lowest BCUT2D eigenvalue weighted by atomic mass is 9.95. The van der Waals surface area contributed by atoms with Crippen molar-refractivity contribution in [3.05, 3.63) is 46.0 Å². The average molecular weight is 285 g/mol. The molecule has 1 amide bonds. The minimum atomic E-state index is -0.308. The minimum absolute atomic E-state index is 0.118. The van der Waals surface area contributed by atoms with Crippen LogP contribution in [0.2, 0.25) is 0 Å². The Hall–Kier alpha value is -2.17. The first-order chi connectivity index (χ1) is 10.2. The largest absolute Gasteiger partial charge is 0.349 e. The van der Waals surface area contributed by atoms with Crippen LogP contribution in [0.15, 0.2) is 29.2 Å². The number of pyridine rings is 1. The third-order valence-corrected chi connectivity index (χ3v) is 4.11. The van der Waals surface area contributed by atoms with Crippen LogP contribution in [0, 0.1) is 6.92 Å². The molecule has 5 nitrogen and oxygen atoms in total. The molecule has 2 aromatic rings. The molecule has 1 fully saturated rings. The zero-order valence-corrected chi connectivity index (χ0v) is 12.1. The second-order valence-corrected chi connectivity index (χ2v) is 5.65. The van der Waals surface area contributed by atoms with Crippen LogP contribution in [-0.4, -0.2) is 21.3 Å². The molecule has 1 aliphatic rings. The molecule has 2 aromatic heterocycles. The first-order valence-corrected chi connectivity index (χ1v) is 7.45. The van der Waals surface area contributed by atoms with Gasteiger partial charge in [0, 0.05) is 17.9 Å². The Kier molecular flexibility index (Phi) is 3.73. The lowest BCUT2D eigenvalue weighted by Gasteiger charge is -2.22. The Balaban J connectivity index is 1.93. The van der Waals surface area contributed by atoms with Crippen molar-refractivity contribution < 1.29 is 4.79 Å². The number of nitrogens with zero attached hydrogens (tertiary/aromatic N) is 2. The SMILES string of the molecule is Cc1cccc2ncc(C(=O)NC3CCCCC3)c(=O)n12. The molecule has 0 atom stereocenters. The van der Waals surface area contributed by atoms with Gasteiger partial charge in [-0.25, -0.2) is 4.98 Å². The highest BCUT2D eigenvalue weighted by Gasteiger charge is 2.19. The smallest absolute Gasteiger partial charge is 0.270 e. The monoisotopic (exact) mass is 285 g/mol. The lowest BCUT2D eigenvalue weighted by Crippen LogP contribution is -2.39. The Morgan fingerprint density at radius 3 is 2.81 bits per heavy atom. The topological polar surface area (TPSA) is 63.5 Å². The van der Waals surface area contributed by atoms with Gasteiger partial charge in [0.25, 0.3) is 11.5 Å². The number of carbonyl (C=O) groups excluding carboxylic acids is 1. The molecule has 0 bridgehead atoms. The summed E-state index contributed by atoms with van der Waals surface area (Å²) >= 11 is 0. The third-order valence-electron chi connectivity index (χ3n) is 4.11. The fourth-order valence-corrected chi connectivity index (χ4v) is 2.94. The van der Waals surface area contributed by atoms with E-state index in [9.17, 15) is 9.59 Å². The van der Waals surface area contributed by atoms with Gasteiger partial charge in [0.15, 0.2) is 0 Å². The van der Waals surface area contributed by atoms with E-state index in [0.717, 1.165) is 31.4 Å². The molecule has 1 N–H and O–H groups in total. The van der Waals surface area contributed by atoms with Crippen LogP contribution in [0.3, 0.4) is 0 Å². The van der Waals surface area contributed by atoms with Crippen molar-refractivity contribution in [3.63, 3.8) is 0 Å². The Labute approximate surface area is 123 Å². The molecule has 110 valence electrons. The third kappa shape index (κ3) is 2.68. The van der Waals surface area contributed by atoms with Gasteiger partial charge in [-0.3, -0.25) is 14.0 Å². The van der Waals surface area contributed by atoms with E-state index in [-0.39, 0.29) is 23.1 Å². The number of nitrogens with one attached hydrogen (secondary N) is 1. The van der Waals surface area contributed by atoms with Gasteiger partial charge in [-0.15, -0.1) is 0 Å². The molecule has 0 aromatic carbocycles. The molecule has 0 radical (unpaired) electrons. The van der Waals surface area contributed by atoms with Crippen molar-refractivity contribution >= 4 is 11.6 Å². The first kappa shape index (κ1) is 13.8. The molecule has 21 heavy (non-hydrogen) atoms. The van der Waals surface area contributed by atoms with Crippen molar-refractivity contribution in [2.45, 2.75) is 45.1 Å². The summed E-state index contributed by atoms with van der Waals surface area (Å²) in [6, 6.07) is 5.62. The highest BCUT2D eigenvalue weighted by molar-refractivity contribution is 5.93. The summed E-state index contributed by atoms with van der Waals surface area (Å²) in [4.78, 5) is 29.0. The van der Waals surface area contributed by atoms with Gasteiger partial charge in [-0.05, 0) is 31.9 Å². The molecular formula is C16H19N3O2. The molecule has 0 spiro atoms. The van der Waals surface area contributed by atoms with Crippen molar-refractivity contribution in [3.8, 4) is 0 Å². The normalized spacial score (nSPS) is 16.0. The predicted octanol–water partition coefficient (Wildman–Crippen LogP) is 2.07. The van der Waals surface area contributed by atoms with E-state index in [4.69, 9.17) is 0 Å². The Bertz CT molecular complexity index is 730. The fourth-order valence-electron chi connectivity index (χ4n) is 2.94. The second kappa shape index (κ2) is 5.68. The maximum Gasteiger partial charge on any atom is 0.270 e. The van der Waals surface area contributed by atoms with E-state index < -0.39 is 0 Å². The summed E-state index contributed by atoms with van der Waals surface area (Å²) < 4.78 is 1.48. The van der Waals surface area contributed by atoms with E-state index >= 15 is 0 Å². The van der Waals surface area contributed by atoms with E-state index in [1.807, 2.05) is 19.1 Å². The highest BCUT2D eigenvalue weighted by atomic mass is 16.2. The minimum Gasteiger partial charge on any atom is -0.349 e. The van der Waals surface area contributed by atoms with E-state index in [1.54, 1.807) is 6.07 Å². The molecule has 1 aliphatic carbocycles. The van der Waals surface area contributed by atoms with Crippen molar-refractivity contribution in [2.75, 3.05) is 0 Å². The van der Waals surface area contributed by atoms with Gasteiger partial charge in [-0.2, -0.15) is 0 Å². The number of amides is 1. The Morgan fingerprint density at radius 2 is 2.05 bits per heavy atom. The zero-order chi connectivity index (χ0) is 14.8. The number of fused-ring (bicyclic) bond motifs is 1. The van der Waals surface area contributed by atoms with Crippen molar-refractivity contribution in [1.29, 1.82) is 0 Å². The number of carbonyl (C=O) groups is 1.